The normalized spacial score (nSPS) is 20.0. The molecule has 0 saturated carbocycles. The van der Waals surface area contributed by atoms with Crippen molar-refractivity contribution in [3.8, 4) is 0 Å². The molecule has 0 spiro atoms. The predicted octanol–water partition coefficient (Wildman–Crippen LogP) is 1.39. The van der Waals surface area contributed by atoms with Crippen molar-refractivity contribution in [2.24, 2.45) is 7.05 Å². The lowest BCUT2D eigenvalue weighted by Gasteiger charge is -2.20. The molecule has 0 aliphatic carbocycles. The molecule has 25 heavy (non-hydrogen) atoms. The minimum absolute atomic E-state index is 0.0700. The molecule has 2 aromatic rings. The number of benzene rings is 1. The Balaban J connectivity index is 1.87. The average molecular weight is 360 g/mol. The van der Waals surface area contributed by atoms with Gasteiger partial charge in [0.05, 0.1) is 11.0 Å². The smallest absolute Gasteiger partial charge is 0.263 e. The van der Waals surface area contributed by atoms with E-state index in [2.05, 4.69) is 0 Å². The van der Waals surface area contributed by atoms with E-state index in [1.165, 1.54) is 15.5 Å². The van der Waals surface area contributed by atoms with E-state index in [1.807, 2.05) is 18.2 Å². The van der Waals surface area contributed by atoms with Gasteiger partial charge in [0, 0.05) is 26.3 Å². The van der Waals surface area contributed by atoms with Crippen molar-refractivity contribution in [3.63, 3.8) is 0 Å². The Morgan fingerprint density at radius 1 is 1.08 bits per heavy atom. The third-order valence-corrected chi connectivity index (χ3v) is 6.68. The zero-order valence-electron chi connectivity index (χ0n) is 14.0. The standard InChI is InChI=1S/C18H20N2O4S/c1-19-10-5-8-15(17(19)21)18(22)20-11-9-16(25(23,24)13-12-20)14-6-3-2-4-7-14/h2-8,10,16H,9,11-13H2,1H3. The highest BCUT2D eigenvalue weighted by Crippen LogP contribution is 2.29. The molecule has 1 aliphatic heterocycles. The van der Waals surface area contributed by atoms with Gasteiger partial charge in [-0.1, -0.05) is 30.3 Å². The lowest BCUT2D eigenvalue weighted by molar-refractivity contribution is 0.0764. The van der Waals surface area contributed by atoms with Crippen molar-refractivity contribution < 1.29 is 13.2 Å². The van der Waals surface area contributed by atoms with E-state index in [-0.39, 0.29) is 23.4 Å². The Morgan fingerprint density at radius 2 is 1.80 bits per heavy atom. The SMILES string of the molecule is Cn1cccc(C(=O)N2CCC(c3ccccc3)S(=O)(=O)CC2)c1=O. The first kappa shape index (κ1) is 17.4. The van der Waals surface area contributed by atoms with Gasteiger partial charge in [0.1, 0.15) is 5.56 Å². The zero-order chi connectivity index (χ0) is 18.0. The third-order valence-electron chi connectivity index (χ3n) is 4.55. The van der Waals surface area contributed by atoms with Crippen molar-refractivity contribution in [2.45, 2.75) is 11.7 Å². The van der Waals surface area contributed by atoms with Crippen LogP contribution < -0.4 is 5.56 Å². The molecule has 1 aromatic carbocycles. The fourth-order valence-electron chi connectivity index (χ4n) is 3.12. The number of hydrogen-bond donors (Lipinski definition) is 0. The van der Waals surface area contributed by atoms with E-state index >= 15 is 0 Å². The molecule has 1 atom stereocenters. The fourth-order valence-corrected chi connectivity index (χ4v) is 4.92. The maximum Gasteiger partial charge on any atom is 0.263 e. The number of nitrogens with zero attached hydrogens (tertiary/aromatic N) is 2. The number of carbonyl (C=O) groups excluding carboxylic acids is 1. The van der Waals surface area contributed by atoms with Gasteiger partial charge in [-0.05, 0) is 24.1 Å². The van der Waals surface area contributed by atoms with Crippen LogP contribution in [0.2, 0.25) is 0 Å². The average Bonchev–Trinajstić information content (AvgIpc) is 2.75. The Labute approximate surface area is 146 Å². The van der Waals surface area contributed by atoms with Crippen molar-refractivity contribution in [3.05, 3.63) is 70.1 Å². The number of amides is 1. The maximum atomic E-state index is 12.7. The van der Waals surface area contributed by atoms with E-state index in [1.54, 1.807) is 31.4 Å². The van der Waals surface area contributed by atoms with Crippen LogP contribution in [0.1, 0.15) is 27.6 Å². The molecule has 132 valence electrons. The molecule has 2 heterocycles. The number of pyridine rings is 1. The summed E-state index contributed by atoms with van der Waals surface area (Å²) >= 11 is 0. The molecule has 0 N–H and O–H groups in total. The molecule has 1 fully saturated rings. The molecular formula is C18H20N2O4S. The van der Waals surface area contributed by atoms with Crippen molar-refractivity contribution in [1.82, 2.24) is 9.47 Å². The van der Waals surface area contributed by atoms with Gasteiger partial charge < -0.3 is 9.47 Å². The summed E-state index contributed by atoms with van der Waals surface area (Å²) in [5.41, 5.74) is 0.437. The predicted molar refractivity (Wildman–Crippen MR) is 95.2 cm³/mol. The van der Waals surface area contributed by atoms with Crippen LogP contribution in [0, 0.1) is 0 Å². The summed E-state index contributed by atoms with van der Waals surface area (Å²) in [6.45, 7) is 0.401. The van der Waals surface area contributed by atoms with Gasteiger partial charge in [-0.15, -0.1) is 0 Å². The number of aryl methyl sites for hydroxylation is 1. The minimum atomic E-state index is -3.36. The summed E-state index contributed by atoms with van der Waals surface area (Å²) in [4.78, 5) is 26.3. The van der Waals surface area contributed by atoms with E-state index in [0.717, 1.165) is 5.56 Å². The van der Waals surface area contributed by atoms with Crippen LogP contribution in [-0.2, 0) is 16.9 Å². The molecule has 6 nitrogen and oxygen atoms in total. The first-order chi connectivity index (χ1) is 11.9. The molecule has 1 aromatic heterocycles. The second-order valence-corrected chi connectivity index (χ2v) is 8.49. The van der Waals surface area contributed by atoms with Gasteiger partial charge in [-0.3, -0.25) is 9.59 Å². The molecule has 7 heteroatoms. The Hall–Kier alpha value is -2.41. The summed E-state index contributed by atoms with van der Waals surface area (Å²) in [5, 5.41) is -0.620. The monoisotopic (exact) mass is 360 g/mol. The number of carbonyl (C=O) groups is 1. The van der Waals surface area contributed by atoms with Crippen LogP contribution in [0.4, 0.5) is 0 Å². The summed E-state index contributed by atoms with van der Waals surface area (Å²) < 4.78 is 26.6. The van der Waals surface area contributed by atoms with Gasteiger partial charge in [0.25, 0.3) is 11.5 Å². The number of aromatic nitrogens is 1. The van der Waals surface area contributed by atoms with Crippen LogP contribution in [0.3, 0.4) is 0 Å². The summed E-state index contributed by atoms with van der Waals surface area (Å²) in [7, 11) is -1.78. The van der Waals surface area contributed by atoms with E-state index in [0.29, 0.717) is 13.0 Å². The molecule has 3 rings (SSSR count). The molecular weight excluding hydrogens is 340 g/mol. The maximum absolute atomic E-state index is 12.7. The van der Waals surface area contributed by atoms with E-state index < -0.39 is 21.0 Å². The third kappa shape index (κ3) is 3.51. The lowest BCUT2D eigenvalue weighted by atomic mass is 10.1. The second-order valence-electron chi connectivity index (χ2n) is 6.19. The molecule has 1 unspecified atom stereocenters. The number of sulfone groups is 1. The highest BCUT2D eigenvalue weighted by molar-refractivity contribution is 7.91. The largest absolute Gasteiger partial charge is 0.337 e. The second kappa shape index (κ2) is 6.84. The minimum Gasteiger partial charge on any atom is -0.337 e. The van der Waals surface area contributed by atoms with Crippen molar-refractivity contribution >= 4 is 15.7 Å². The van der Waals surface area contributed by atoms with E-state index in [9.17, 15) is 18.0 Å². The van der Waals surface area contributed by atoms with Gasteiger partial charge in [-0.2, -0.15) is 0 Å². The van der Waals surface area contributed by atoms with Crippen LogP contribution >= 0.6 is 0 Å². The first-order valence-electron chi connectivity index (χ1n) is 8.11. The van der Waals surface area contributed by atoms with Gasteiger partial charge in [0.15, 0.2) is 9.84 Å². The quantitative estimate of drug-likeness (QED) is 0.811. The highest BCUT2D eigenvalue weighted by atomic mass is 32.2. The molecule has 1 amide bonds. The number of rotatable bonds is 2. The van der Waals surface area contributed by atoms with Crippen molar-refractivity contribution in [1.29, 1.82) is 0 Å². The van der Waals surface area contributed by atoms with Gasteiger partial charge >= 0.3 is 0 Å². The van der Waals surface area contributed by atoms with Crippen LogP contribution in [-0.4, -0.2) is 42.6 Å². The fraction of sp³-hybridized carbons (Fsp3) is 0.333. The summed E-state index contributed by atoms with van der Waals surface area (Å²) in [5.74, 6) is -0.518. The van der Waals surface area contributed by atoms with Crippen LogP contribution in [0.15, 0.2) is 53.5 Å². The zero-order valence-corrected chi connectivity index (χ0v) is 14.8. The summed E-state index contributed by atoms with van der Waals surface area (Å²) in [6.07, 6.45) is 1.91. The lowest BCUT2D eigenvalue weighted by Crippen LogP contribution is -2.37. The van der Waals surface area contributed by atoms with Crippen LogP contribution in [0.25, 0.3) is 0 Å². The topological polar surface area (TPSA) is 76.5 Å². The highest BCUT2D eigenvalue weighted by Gasteiger charge is 2.33. The molecule has 0 bridgehead atoms. The van der Waals surface area contributed by atoms with Gasteiger partial charge in [-0.25, -0.2) is 8.42 Å². The van der Waals surface area contributed by atoms with E-state index in [4.69, 9.17) is 0 Å². The van der Waals surface area contributed by atoms with Crippen molar-refractivity contribution in [2.75, 3.05) is 18.8 Å². The number of hydrogen-bond acceptors (Lipinski definition) is 4. The van der Waals surface area contributed by atoms with Gasteiger partial charge in [0.2, 0.25) is 0 Å². The first-order valence-corrected chi connectivity index (χ1v) is 9.83. The Morgan fingerprint density at radius 3 is 2.52 bits per heavy atom. The molecule has 0 radical (unpaired) electrons. The Kier molecular flexibility index (Phi) is 4.76. The Bertz CT molecular complexity index is 935. The molecule has 1 aliphatic rings. The van der Waals surface area contributed by atoms with Crippen LogP contribution in [0.5, 0.6) is 0 Å². The summed E-state index contributed by atoms with van der Waals surface area (Å²) in [6, 6.07) is 12.2. The molecule has 1 saturated heterocycles.